The van der Waals surface area contributed by atoms with E-state index >= 15 is 0 Å². The molecule has 7 nitrogen and oxygen atoms in total. The molecule has 0 saturated heterocycles. The van der Waals surface area contributed by atoms with Gasteiger partial charge in [-0.2, -0.15) is 0 Å². The second kappa shape index (κ2) is 10.1. The summed E-state index contributed by atoms with van der Waals surface area (Å²) in [6.07, 6.45) is -0.639. The number of hydrogen-bond donors (Lipinski definition) is 2. The largest absolute Gasteiger partial charge is 0.306 e. The van der Waals surface area contributed by atoms with Gasteiger partial charge in [0.2, 0.25) is 5.78 Å². The molecule has 0 fully saturated rings. The number of ketones is 2. The highest BCUT2D eigenvalue weighted by molar-refractivity contribution is 6.40. The van der Waals surface area contributed by atoms with E-state index in [9.17, 15) is 19.2 Å². The summed E-state index contributed by atoms with van der Waals surface area (Å²) in [4.78, 5) is 54.1. The van der Waals surface area contributed by atoms with Crippen LogP contribution < -0.4 is 10.9 Å². The molecule has 0 aliphatic heterocycles. The fourth-order valence-corrected chi connectivity index (χ4v) is 3.46. The fourth-order valence-electron chi connectivity index (χ4n) is 3.33. The highest BCUT2D eigenvalue weighted by atomic mass is 35.5. The Hall–Kier alpha value is -4.36. The molecule has 4 rings (SSSR count). The molecule has 0 radical (unpaired) electrons. The number of para-hydroxylation sites is 1. The molecule has 4 aromatic rings. The molecule has 0 aliphatic rings. The van der Waals surface area contributed by atoms with Crippen LogP contribution in [-0.4, -0.2) is 28.4 Å². The molecule has 3 aromatic carbocycles. The summed E-state index contributed by atoms with van der Waals surface area (Å²) in [7, 11) is 0. The maximum Gasteiger partial charge on any atom is 0.306 e. The van der Waals surface area contributed by atoms with Gasteiger partial charge < -0.3 is 0 Å². The molecule has 0 unspecified atom stereocenters. The zero-order valence-corrected chi connectivity index (χ0v) is 18.5. The summed E-state index contributed by atoms with van der Waals surface area (Å²) in [6.45, 7) is 0. The summed E-state index contributed by atoms with van der Waals surface area (Å²) >= 11 is 5.79. The summed E-state index contributed by atoms with van der Waals surface area (Å²) in [5.74, 6) is -3.24. The van der Waals surface area contributed by atoms with Crippen LogP contribution >= 0.6 is 11.6 Å². The van der Waals surface area contributed by atoms with Crippen molar-refractivity contribution in [1.29, 1.82) is 0 Å². The fraction of sp³-hybridized carbons (Fsp3) is 0.0385. The zero-order chi connectivity index (χ0) is 24.1. The summed E-state index contributed by atoms with van der Waals surface area (Å²) in [5.41, 5.74) is 6.88. The van der Waals surface area contributed by atoms with Crippen LogP contribution in [0.15, 0.2) is 84.9 Å². The van der Waals surface area contributed by atoms with E-state index in [0.29, 0.717) is 21.6 Å². The number of benzene rings is 3. The number of rotatable bonds is 6. The smallest absolute Gasteiger partial charge is 0.294 e. The minimum Gasteiger partial charge on any atom is -0.294 e. The van der Waals surface area contributed by atoms with Crippen LogP contribution in [0.1, 0.15) is 27.1 Å². The molecule has 2 N–H and O–H groups in total. The lowest BCUT2D eigenvalue weighted by atomic mass is 10.0. The van der Waals surface area contributed by atoms with E-state index in [1.54, 1.807) is 24.3 Å². The van der Waals surface area contributed by atoms with E-state index in [2.05, 4.69) is 15.8 Å². The Labute approximate surface area is 199 Å². The second-order valence-electron chi connectivity index (χ2n) is 7.38. The van der Waals surface area contributed by atoms with Crippen LogP contribution in [-0.2, 0) is 9.59 Å². The van der Waals surface area contributed by atoms with Crippen molar-refractivity contribution in [2.24, 2.45) is 0 Å². The third-order valence-corrected chi connectivity index (χ3v) is 5.31. The van der Waals surface area contributed by atoms with Gasteiger partial charge in [-0.1, -0.05) is 60.1 Å². The Balaban J connectivity index is 1.47. The Morgan fingerprint density at radius 1 is 0.794 bits per heavy atom. The molecule has 0 aliphatic carbocycles. The van der Waals surface area contributed by atoms with Gasteiger partial charge >= 0.3 is 5.91 Å². The van der Waals surface area contributed by atoms with Crippen LogP contribution in [0.3, 0.4) is 0 Å². The van der Waals surface area contributed by atoms with Gasteiger partial charge in [-0.3, -0.25) is 30.0 Å². The average Bonchev–Trinajstić information content (AvgIpc) is 2.87. The molecule has 168 valence electrons. The normalized spacial score (nSPS) is 10.5. The Morgan fingerprint density at radius 2 is 1.47 bits per heavy atom. The number of aromatic nitrogens is 1. The number of hydrogen-bond acceptors (Lipinski definition) is 5. The predicted octanol–water partition coefficient (Wildman–Crippen LogP) is 4.16. The predicted molar refractivity (Wildman–Crippen MR) is 128 cm³/mol. The Morgan fingerprint density at radius 3 is 2.21 bits per heavy atom. The maximum absolute atomic E-state index is 12.9. The number of pyridine rings is 1. The number of Topliss-reactive ketones (excluding diaryl/α,β-unsaturated/α-hetero) is 2. The Bertz CT molecular complexity index is 1400. The minimum absolute atomic E-state index is 0.256. The van der Waals surface area contributed by atoms with Gasteiger partial charge in [0.25, 0.3) is 5.91 Å². The van der Waals surface area contributed by atoms with Crippen LogP contribution in [0.4, 0.5) is 0 Å². The third kappa shape index (κ3) is 5.16. The summed E-state index contributed by atoms with van der Waals surface area (Å²) < 4.78 is 0. The molecule has 8 heteroatoms. The van der Waals surface area contributed by atoms with Crippen molar-refractivity contribution in [1.82, 2.24) is 15.8 Å². The molecular formula is C26H18ClN3O4. The van der Waals surface area contributed by atoms with Gasteiger partial charge in [0.1, 0.15) is 0 Å². The molecule has 34 heavy (non-hydrogen) atoms. The third-order valence-electron chi connectivity index (χ3n) is 5.06. The highest BCUT2D eigenvalue weighted by Gasteiger charge is 2.20. The first-order valence-corrected chi connectivity index (χ1v) is 10.7. The quantitative estimate of drug-likeness (QED) is 0.190. The first kappa shape index (κ1) is 22.8. The van der Waals surface area contributed by atoms with Crippen molar-refractivity contribution in [3.63, 3.8) is 0 Å². The van der Waals surface area contributed by atoms with Crippen molar-refractivity contribution < 1.29 is 19.2 Å². The molecule has 0 atom stereocenters. The number of halogens is 1. The van der Waals surface area contributed by atoms with Gasteiger partial charge in [-0.15, -0.1) is 0 Å². The topological polar surface area (TPSA) is 105 Å². The highest BCUT2D eigenvalue weighted by Crippen LogP contribution is 2.24. The van der Waals surface area contributed by atoms with Gasteiger partial charge in [-0.05, 0) is 36.4 Å². The SMILES string of the molecule is O=C(CC(=O)c1ccc(Cl)cc1)C(=O)NNC(=O)c1cc(-c2ccccc2)nc2ccccc12. The lowest BCUT2D eigenvalue weighted by Gasteiger charge is -2.11. The van der Waals surface area contributed by atoms with Crippen LogP contribution in [0, 0.1) is 0 Å². The Kier molecular flexibility index (Phi) is 6.75. The molecule has 0 spiro atoms. The molecule has 0 saturated carbocycles. The van der Waals surface area contributed by atoms with Gasteiger partial charge in [0.05, 0.1) is 23.2 Å². The maximum atomic E-state index is 12.9. The van der Waals surface area contributed by atoms with E-state index in [1.807, 2.05) is 36.4 Å². The first-order chi connectivity index (χ1) is 16.4. The molecule has 1 heterocycles. The van der Waals surface area contributed by atoms with Crippen LogP contribution in [0.5, 0.6) is 0 Å². The lowest BCUT2D eigenvalue weighted by Crippen LogP contribution is -2.45. The number of nitrogens with zero attached hydrogens (tertiary/aromatic N) is 1. The molecule has 0 bridgehead atoms. The van der Waals surface area contributed by atoms with Crippen LogP contribution in [0.2, 0.25) is 5.02 Å². The van der Waals surface area contributed by atoms with Crippen molar-refractivity contribution in [2.75, 3.05) is 0 Å². The number of nitrogens with one attached hydrogen (secondary N) is 2. The number of carbonyl (C=O) groups excluding carboxylic acids is 4. The van der Waals surface area contributed by atoms with Crippen molar-refractivity contribution in [2.45, 2.75) is 6.42 Å². The average molecular weight is 472 g/mol. The minimum atomic E-state index is -1.10. The second-order valence-corrected chi connectivity index (χ2v) is 7.81. The number of hydrazine groups is 1. The lowest BCUT2D eigenvalue weighted by molar-refractivity contribution is -0.137. The first-order valence-electron chi connectivity index (χ1n) is 10.3. The van der Waals surface area contributed by atoms with Crippen molar-refractivity contribution in [3.8, 4) is 11.3 Å². The van der Waals surface area contributed by atoms with E-state index in [4.69, 9.17) is 11.6 Å². The number of carbonyl (C=O) groups is 4. The van der Waals surface area contributed by atoms with Crippen LogP contribution in [0.25, 0.3) is 22.2 Å². The number of amides is 2. The van der Waals surface area contributed by atoms with Crippen molar-refractivity contribution >= 4 is 45.9 Å². The molecular weight excluding hydrogens is 454 g/mol. The standard InChI is InChI=1S/C26H18ClN3O4/c27-18-12-10-17(11-13-18)23(31)15-24(32)26(34)30-29-25(33)20-14-22(16-6-2-1-3-7-16)28-21-9-5-4-8-19(20)21/h1-14H,15H2,(H,29,33)(H,30,34). The van der Waals surface area contributed by atoms with Gasteiger partial charge in [0.15, 0.2) is 5.78 Å². The zero-order valence-electron chi connectivity index (χ0n) is 17.7. The van der Waals surface area contributed by atoms with Crippen molar-refractivity contribution in [3.05, 3.63) is 101 Å². The van der Waals surface area contributed by atoms with Gasteiger partial charge in [0, 0.05) is 21.5 Å². The van der Waals surface area contributed by atoms with Gasteiger partial charge in [-0.25, -0.2) is 4.98 Å². The van der Waals surface area contributed by atoms with E-state index in [0.717, 1.165) is 5.56 Å². The van der Waals surface area contributed by atoms with E-state index in [1.165, 1.54) is 24.3 Å². The monoisotopic (exact) mass is 471 g/mol. The summed E-state index contributed by atoms with van der Waals surface area (Å²) in [5, 5.41) is 1.03. The molecule has 2 amide bonds. The number of fused-ring (bicyclic) bond motifs is 1. The molecule has 1 aromatic heterocycles. The van der Waals surface area contributed by atoms with E-state index < -0.39 is 29.8 Å². The summed E-state index contributed by atoms with van der Waals surface area (Å²) in [6, 6.07) is 24.0. The van der Waals surface area contributed by atoms with E-state index in [-0.39, 0.29) is 11.1 Å².